The number of fused-ring (bicyclic) bond motifs is 6. The van der Waals surface area contributed by atoms with Crippen molar-refractivity contribution in [3.63, 3.8) is 0 Å². The first-order valence-corrected chi connectivity index (χ1v) is 16.5. The van der Waals surface area contributed by atoms with Gasteiger partial charge in [-0.05, 0) is 89.0 Å². The molecule has 5 nitrogen and oxygen atoms in total. The second-order valence-electron chi connectivity index (χ2n) is 12.4. The minimum Gasteiger partial charge on any atom is -0.388 e. The largest absolute Gasteiger partial charge is 0.388 e. The topological polar surface area (TPSA) is 50.0 Å². The van der Waals surface area contributed by atoms with Gasteiger partial charge in [0.15, 0.2) is 0 Å². The van der Waals surface area contributed by atoms with Gasteiger partial charge >= 0.3 is 0 Å². The van der Waals surface area contributed by atoms with Gasteiger partial charge in [-0.2, -0.15) is 5.26 Å². The summed E-state index contributed by atoms with van der Waals surface area (Å²) in [6, 6.07) is 54.7. The van der Waals surface area contributed by atoms with Gasteiger partial charge in [0.1, 0.15) is 0 Å². The van der Waals surface area contributed by atoms with Gasteiger partial charge in [0, 0.05) is 40.0 Å². The monoisotopic (exact) mass is 639 g/mol. The van der Waals surface area contributed by atoms with Crippen LogP contribution in [0.5, 0.6) is 0 Å². The van der Waals surface area contributed by atoms with Gasteiger partial charge in [-0.25, -0.2) is 4.85 Å². The predicted octanol–water partition coefficient (Wildman–Crippen LogP) is 11.7. The molecule has 0 bridgehead atoms. The molecule has 5 heteroatoms. The number of para-hydroxylation sites is 3. The first-order valence-electron chi connectivity index (χ1n) is 16.5. The Hall–Kier alpha value is -7.08. The molecule has 2 heterocycles. The Morgan fingerprint density at radius 1 is 0.560 bits per heavy atom. The van der Waals surface area contributed by atoms with E-state index in [1.54, 1.807) is 0 Å². The summed E-state index contributed by atoms with van der Waals surface area (Å²) in [6.45, 7) is 8.20. The SMILES string of the molecule is [C-]#[N+]c1cccc(-c2cccc(-c3ccc(-n4c5ccccc5c5ccccc54)cc3)c2)c1-n1c2ccc(C#N)cc2c2cc(NC)ccc21. The number of hydrogen-bond donors (Lipinski definition) is 1. The van der Waals surface area contributed by atoms with Crippen LogP contribution in [0.4, 0.5) is 11.4 Å². The molecule has 0 atom stereocenters. The van der Waals surface area contributed by atoms with Crippen molar-refractivity contribution in [1.82, 2.24) is 9.13 Å². The molecule has 9 aromatic rings. The van der Waals surface area contributed by atoms with Crippen molar-refractivity contribution in [3.8, 4) is 39.7 Å². The fourth-order valence-electron chi connectivity index (χ4n) is 7.45. The number of benzene rings is 7. The summed E-state index contributed by atoms with van der Waals surface area (Å²) in [4.78, 5) is 4.01. The number of nitriles is 1. The number of nitrogens with zero attached hydrogens (tertiary/aromatic N) is 4. The molecule has 0 amide bonds. The Bertz CT molecular complexity index is 2820. The summed E-state index contributed by atoms with van der Waals surface area (Å²) in [6.07, 6.45) is 0. The number of hydrogen-bond acceptors (Lipinski definition) is 2. The van der Waals surface area contributed by atoms with Crippen LogP contribution in [-0.2, 0) is 0 Å². The first-order chi connectivity index (χ1) is 24.7. The van der Waals surface area contributed by atoms with Gasteiger partial charge in [-0.3, -0.25) is 0 Å². The zero-order valence-corrected chi connectivity index (χ0v) is 27.2. The molecule has 0 fully saturated rings. The predicted molar refractivity (Wildman–Crippen MR) is 207 cm³/mol. The van der Waals surface area contributed by atoms with E-state index in [1.807, 2.05) is 43.4 Å². The lowest BCUT2D eigenvalue weighted by atomic mass is 9.97. The summed E-state index contributed by atoms with van der Waals surface area (Å²) in [5.41, 5.74) is 12.6. The van der Waals surface area contributed by atoms with Crippen molar-refractivity contribution < 1.29 is 0 Å². The highest BCUT2D eigenvalue weighted by Crippen LogP contribution is 2.42. The quantitative estimate of drug-likeness (QED) is 0.191. The average Bonchev–Trinajstić information content (AvgIpc) is 3.69. The third-order valence-electron chi connectivity index (χ3n) is 9.75. The maximum Gasteiger partial charge on any atom is 0.211 e. The molecule has 0 aliphatic carbocycles. The molecule has 9 rings (SSSR count). The van der Waals surface area contributed by atoms with Gasteiger partial charge in [0.25, 0.3) is 0 Å². The van der Waals surface area contributed by atoms with Crippen LogP contribution >= 0.6 is 0 Å². The Balaban J connectivity index is 1.19. The van der Waals surface area contributed by atoms with Crippen molar-refractivity contribution in [1.29, 1.82) is 5.26 Å². The number of anilines is 1. The number of nitrogens with one attached hydrogen (secondary N) is 1. The fraction of sp³-hybridized carbons (Fsp3) is 0.0222. The van der Waals surface area contributed by atoms with E-state index in [1.165, 1.54) is 21.8 Å². The normalized spacial score (nSPS) is 11.3. The van der Waals surface area contributed by atoms with Crippen molar-refractivity contribution >= 4 is 55.0 Å². The summed E-state index contributed by atoms with van der Waals surface area (Å²) >= 11 is 0. The molecule has 0 aliphatic rings. The van der Waals surface area contributed by atoms with E-state index in [0.717, 1.165) is 61.1 Å². The van der Waals surface area contributed by atoms with Crippen molar-refractivity contribution in [2.45, 2.75) is 0 Å². The van der Waals surface area contributed by atoms with E-state index in [0.29, 0.717) is 11.3 Å². The van der Waals surface area contributed by atoms with E-state index in [2.05, 4.69) is 141 Å². The van der Waals surface area contributed by atoms with Crippen molar-refractivity contribution in [3.05, 3.63) is 169 Å². The zero-order chi connectivity index (χ0) is 33.8. The Kier molecular flexibility index (Phi) is 6.73. The Labute approximate surface area is 289 Å². The molecule has 0 radical (unpaired) electrons. The van der Waals surface area contributed by atoms with Crippen LogP contribution < -0.4 is 5.32 Å². The van der Waals surface area contributed by atoms with Crippen LogP contribution in [0.3, 0.4) is 0 Å². The summed E-state index contributed by atoms with van der Waals surface area (Å²) in [7, 11) is 1.90. The van der Waals surface area contributed by atoms with Crippen LogP contribution in [0.25, 0.3) is 82.1 Å². The van der Waals surface area contributed by atoms with E-state index in [-0.39, 0.29) is 0 Å². The van der Waals surface area contributed by atoms with Crippen molar-refractivity contribution in [2.75, 3.05) is 12.4 Å². The lowest BCUT2D eigenvalue weighted by molar-refractivity contribution is 1.18. The molecule has 0 aliphatic heterocycles. The summed E-state index contributed by atoms with van der Waals surface area (Å²) in [5, 5.41) is 17.5. The molecule has 1 N–H and O–H groups in total. The maximum absolute atomic E-state index is 9.73. The second-order valence-corrected chi connectivity index (χ2v) is 12.4. The third-order valence-corrected chi connectivity index (χ3v) is 9.75. The van der Waals surface area contributed by atoms with Crippen LogP contribution in [0, 0.1) is 17.9 Å². The standard InChI is InChI=1S/C45H29N5/c1-47-33-20-24-44-39(27-33)38-25-29(28-46)17-23-43(38)50(44)45-35(13-8-14-40(45)48-2)32-10-7-9-31(26-32)30-18-21-34(22-19-30)49-41-15-5-3-11-36(41)37-12-4-6-16-42(37)49/h3-27,47H,1H3. The lowest BCUT2D eigenvalue weighted by Crippen LogP contribution is -1.98. The molecule has 7 aromatic carbocycles. The molecule has 2 aromatic heterocycles. The second kappa shape index (κ2) is 11.6. The van der Waals surface area contributed by atoms with E-state index in [9.17, 15) is 5.26 Å². The number of rotatable bonds is 5. The molecule has 0 unspecified atom stereocenters. The highest BCUT2D eigenvalue weighted by Gasteiger charge is 2.20. The highest BCUT2D eigenvalue weighted by molar-refractivity contribution is 6.12. The van der Waals surface area contributed by atoms with Gasteiger partial charge in [0.05, 0.1) is 46.0 Å². The van der Waals surface area contributed by atoms with Gasteiger partial charge in [0.2, 0.25) is 5.69 Å². The molecule has 50 heavy (non-hydrogen) atoms. The summed E-state index contributed by atoms with van der Waals surface area (Å²) in [5.74, 6) is 0. The minimum atomic E-state index is 0.560. The maximum atomic E-state index is 9.73. The van der Waals surface area contributed by atoms with E-state index in [4.69, 9.17) is 6.57 Å². The van der Waals surface area contributed by atoms with Gasteiger partial charge in [-0.1, -0.05) is 84.9 Å². The third kappa shape index (κ3) is 4.46. The van der Waals surface area contributed by atoms with Crippen LogP contribution in [0.2, 0.25) is 0 Å². The van der Waals surface area contributed by atoms with Crippen LogP contribution in [-0.4, -0.2) is 16.2 Å². The highest BCUT2D eigenvalue weighted by atomic mass is 15.0. The van der Waals surface area contributed by atoms with Gasteiger partial charge in [-0.15, -0.1) is 0 Å². The van der Waals surface area contributed by atoms with E-state index < -0.39 is 0 Å². The zero-order valence-electron chi connectivity index (χ0n) is 27.2. The molecule has 0 spiro atoms. The molecule has 234 valence electrons. The van der Waals surface area contributed by atoms with Gasteiger partial charge < -0.3 is 14.5 Å². The van der Waals surface area contributed by atoms with Crippen LogP contribution in [0.15, 0.2) is 152 Å². The lowest BCUT2D eigenvalue weighted by Gasteiger charge is -2.17. The molecular formula is C45H29N5. The summed E-state index contributed by atoms with van der Waals surface area (Å²) < 4.78 is 4.51. The van der Waals surface area contributed by atoms with Crippen molar-refractivity contribution in [2.24, 2.45) is 0 Å². The van der Waals surface area contributed by atoms with E-state index >= 15 is 0 Å². The minimum absolute atomic E-state index is 0.560. The van der Waals surface area contributed by atoms with Crippen LogP contribution in [0.1, 0.15) is 5.56 Å². The molecule has 0 saturated heterocycles. The number of aromatic nitrogens is 2. The Morgan fingerprint density at radius 2 is 1.20 bits per heavy atom. The molecular weight excluding hydrogens is 611 g/mol. The first kappa shape index (κ1) is 29.1. The Morgan fingerprint density at radius 3 is 1.90 bits per heavy atom. The molecule has 0 saturated carbocycles. The smallest absolute Gasteiger partial charge is 0.211 e. The fourth-order valence-corrected chi connectivity index (χ4v) is 7.45. The average molecular weight is 640 g/mol.